The van der Waals surface area contributed by atoms with Gasteiger partial charge in [-0.25, -0.2) is 0 Å². The van der Waals surface area contributed by atoms with Gasteiger partial charge in [-0.15, -0.1) is 0 Å². The zero-order chi connectivity index (χ0) is 11.1. The van der Waals surface area contributed by atoms with Crippen molar-refractivity contribution in [3.63, 3.8) is 0 Å². The van der Waals surface area contributed by atoms with E-state index in [0.717, 1.165) is 25.3 Å². The number of ether oxygens (including phenoxy) is 1. The van der Waals surface area contributed by atoms with Crippen molar-refractivity contribution < 1.29 is 4.74 Å². The van der Waals surface area contributed by atoms with Crippen LogP contribution in [0.4, 0.5) is 5.69 Å². The minimum absolute atomic E-state index is 0.320. The quantitative estimate of drug-likeness (QED) is 0.562. The predicted molar refractivity (Wildman–Crippen MR) is 65.1 cm³/mol. The molecule has 1 aromatic heterocycles. The largest absolute Gasteiger partial charge is 0.388 e. The maximum atomic E-state index is 5.44. The van der Waals surface area contributed by atoms with Crippen LogP contribution in [0.1, 0.15) is 12.1 Å². The van der Waals surface area contributed by atoms with Crippen LogP contribution in [0, 0.1) is 0 Å². The molecule has 0 amide bonds. The van der Waals surface area contributed by atoms with Crippen LogP contribution in [0.15, 0.2) is 18.3 Å². The topological polar surface area (TPSA) is 60.2 Å². The number of aromatic nitrogens is 1. The predicted octanol–water partition coefficient (Wildman–Crippen LogP) is 1.16. The minimum atomic E-state index is 0.320. The summed E-state index contributed by atoms with van der Waals surface area (Å²) in [6, 6.07) is 3.72. The number of methoxy groups -OCH3 is 1. The Bertz CT molecular complexity index is 313. The Hall–Kier alpha value is -1.20. The number of rotatable bonds is 6. The lowest BCUT2D eigenvalue weighted by atomic mass is 10.3. The molecule has 0 radical (unpaired) electrons. The van der Waals surface area contributed by atoms with Gasteiger partial charge in [0.1, 0.15) is 4.99 Å². The van der Waals surface area contributed by atoms with Gasteiger partial charge in [-0.2, -0.15) is 0 Å². The van der Waals surface area contributed by atoms with Crippen LogP contribution in [-0.2, 0) is 4.74 Å². The number of nitrogens with one attached hydrogen (secondary N) is 1. The van der Waals surface area contributed by atoms with Crippen molar-refractivity contribution in [2.75, 3.05) is 25.6 Å². The van der Waals surface area contributed by atoms with E-state index in [1.807, 2.05) is 6.07 Å². The van der Waals surface area contributed by atoms with E-state index in [-0.39, 0.29) is 0 Å². The molecule has 0 atom stereocenters. The standard InChI is InChI=1S/C10H15N3OS/c1-14-6-2-5-12-8-3-4-9(10(11)15)13-7-8/h3-4,7,12H,2,5-6H2,1H3,(H2,11,15). The summed E-state index contributed by atoms with van der Waals surface area (Å²) in [5.41, 5.74) is 7.05. The molecule has 15 heavy (non-hydrogen) atoms. The van der Waals surface area contributed by atoms with Gasteiger partial charge in [0.2, 0.25) is 0 Å². The summed E-state index contributed by atoms with van der Waals surface area (Å²) >= 11 is 4.81. The van der Waals surface area contributed by atoms with Gasteiger partial charge in [-0.1, -0.05) is 12.2 Å². The minimum Gasteiger partial charge on any atom is -0.388 e. The third kappa shape index (κ3) is 4.22. The molecule has 0 aliphatic heterocycles. The summed E-state index contributed by atoms with van der Waals surface area (Å²) in [4.78, 5) is 4.44. The van der Waals surface area contributed by atoms with Crippen LogP contribution in [0.2, 0.25) is 0 Å². The molecule has 5 heteroatoms. The van der Waals surface area contributed by atoms with Gasteiger partial charge in [0.25, 0.3) is 0 Å². The molecule has 82 valence electrons. The summed E-state index contributed by atoms with van der Waals surface area (Å²) in [5, 5.41) is 3.22. The second kappa shape index (κ2) is 6.31. The number of thiocarbonyl (C=S) groups is 1. The Morgan fingerprint density at radius 2 is 2.40 bits per heavy atom. The third-order valence-electron chi connectivity index (χ3n) is 1.87. The third-order valence-corrected chi connectivity index (χ3v) is 2.08. The van der Waals surface area contributed by atoms with E-state index < -0.39 is 0 Å². The van der Waals surface area contributed by atoms with Crippen LogP contribution in [0.5, 0.6) is 0 Å². The zero-order valence-corrected chi connectivity index (χ0v) is 9.51. The molecule has 0 spiro atoms. The second-order valence-electron chi connectivity index (χ2n) is 3.07. The molecule has 0 saturated carbocycles. The maximum absolute atomic E-state index is 5.44. The fourth-order valence-electron chi connectivity index (χ4n) is 1.09. The molecule has 1 aromatic rings. The average Bonchev–Trinajstić information content (AvgIpc) is 2.25. The average molecular weight is 225 g/mol. The summed E-state index contributed by atoms with van der Waals surface area (Å²) in [5.74, 6) is 0. The molecule has 0 bridgehead atoms. The Balaban J connectivity index is 2.39. The lowest BCUT2D eigenvalue weighted by Crippen LogP contribution is -2.11. The van der Waals surface area contributed by atoms with Crippen molar-refractivity contribution >= 4 is 22.9 Å². The normalized spacial score (nSPS) is 9.93. The van der Waals surface area contributed by atoms with E-state index >= 15 is 0 Å². The molecular formula is C10H15N3OS. The second-order valence-corrected chi connectivity index (χ2v) is 3.51. The van der Waals surface area contributed by atoms with Crippen LogP contribution in [0.3, 0.4) is 0 Å². The smallest absolute Gasteiger partial charge is 0.122 e. The maximum Gasteiger partial charge on any atom is 0.122 e. The molecule has 1 rings (SSSR count). The first kappa shape index (κ1) is 11.9. The molecule has 0 aromatic carbocycles. The van der Waals surface area contributed by atoms with Crippen molar-refractivity contribution in [1.82, 2.24) is 4.98 Å². The molecule has 4 nitrogen and oxygen atoms in total. The van der Waals surface area contributed by atoms with Gasteiger partial charge in [0, 0.05) is 20.3 Å². The highest BCUT2D eigenvalue weighted by Gasteiger charge is 1.97. The molecule has 0 unspecified atom stereocenters. The summed E-state index contributed by atoms with van der Waals surface area (Å²) in [7, 11) is 1.69. The molecule has 0 aliphatic carbocycles. The van der Waals surface area contributed by atoms with Crippen molar-refractivity contribution in [3.8, 4) is 0 Å². The van der Waals surface area contributed by atoms with Crippen LogP contribution < -0.4 is 11.1 Å². The van der Waals surface area contributed by atoms with Crippen molar-refractivity contribution in [1.29, 1.82) is 0 Å². The zero-order valence-electron chi connectivity index (χ0n) is 8.69. The molecular weight excluding hydrogens is 210 g/mol. The lowest BCUT2D eigenvalue weighted by molar-refractivity contribution is 0.198. The van der Waals surface area contributed by atoms with Crippen LogP contribution >= 0.6 is 12.2 Å². The summed E-state index contributed by atoms with van der Waals surface area (Å²) in [6.45, 7) is 1.62. The number of nitrogens with two attached hydrogens (primary N) is 1. The summed E-state index contributed by atoms with van der Waals surface area (Å²) in [6.07, 6.45) is 2.69. The van der Waals surface area contributed by atoms with Gasteiger partial charge in [-0.05, 0) is 18.6 Å². The Labute approximate surface area is 94.8 Å². The monoisotopic (exact) mass is 225 g/mol. The first-order chi connectivity index (χ1) is 7.24. The van der Waals surface area contributed by atoms with E-state index in [1.54, 1.807) is 19.4 Å². The first-order valence-electron chi connectivity index (χ1n) is 4.72. The fourth-order valence-corrected chi connectivity index (χ4v) is 1.21. The van der Waals surface area contributed by atoms with E-state index in [0.29, 0.717) is 10.7 Å². The van der Waals surface area contributed by atoms with Gasteiger partial charge in [0.15, 0.2) is 0 Å². The summed E-state index contributed by atoms with van der Waals surface area (Å²) < 4.78 is 4.94. The van der Waals surface area contributed by atoms with E-state index in [2.05, 4.69) is 10.3 Å². The SMILES string of the molecule is COCCCNc1ccc(C(N)=S)nc1. The Kier molecular flexibility index (Phi) is 5.00. The van der Waals surface area contributed by atoms with Crippen LogP contribution in [-0.4, -0.2) is 30.2 Å². The van der Waals surface area contributed by atoms with Gasteiger partial charge < -0.3 is 15.8 Å². The first-order valence-corrected chi connectivity index (χ1v) is 5.13. The highest BCUT2D eigenvalue weighted by molar-refractivity contribution is 7.80. The lowest BCUT2D eigenvalue weighted by Gasteiger charge is -2.05. The van der Waals surface area contributed by atoms with Crippen LogP contribution in [0.25, 0.3) is 0 Å². The highest BCUT2D eigenvalue weighted by atomic mass is 32.1. The number of hydrogen-bond donors (Lipinski definition) is 2. The molecule has 0 fully saturated rings. The highest BCUT2D eigenvalue weighted by Crippen LogP contribution is 2.05. The Morgan fingerprint density at radius 3 is 2.93 bits per heavy atom. The molecule has 0 saturated heterocycles. The van der Waals surface area contributed by atoms with Gasteiger partial charge in [0.05, 0.1) is 17.6 Å². The molecule has 0 aliphatic rings. The Morgan fingerprint density at radius 1 is 1.60 bits per heavy atom. The van der Waals surface area contributed by atoms with E-state index in [1.165, 1.54) is 0 Å². The number of nitrogens with zero attached hydrogens (tertiary/aromatic N) is 1. The fraction of sp³-hybridized carbons (Fsp3) is 0.400. The van der Waals surface area contributed by atoms with Crippen molar-refractivity contribution in [2.45, 2.75) is 6.42 Å². The van der Waals surface area contributed by atoms with E-state index in [9.17, 15) is 0 Å². The van der Waals surface area contributed by atoms with Gasteiger partial charge in [-0.3, -0.25) is 4.98 Å². The number of pyridine rings is 1. The number of anilines is 1. The van der Waals surface area contributed by atoms with Gasteiger partial charge >= 0.3 is 0 Å². The van der Waals surface area contributed by atoms with Crippen molar-refractivity contribution in [2.24, 2.45) is 5.73 Å². The number of hydrogen-bond acceptors (Lipinski definition) is 4. The molecule has 3 N–H and O–H groups in total. The van der Waals surface area contributed by atoms with E-state index in [4.69, 9.17) is 22.7 Å². The molecule has 1 heterocycles. The van der Waals surface area contributed by atoms with Crippen molar-refractivity contribution in [3.05, 3.63) is 24.0 Å².